The summed E-state index contributed by atoms with van der Waals surface area (Å²) in [5.41, 5.74) is 7.00. The minimum Gasteiger partial charge on any atom is -0.468 e. The van der Waals surface area contributed by atoms with E-state index in [0.29, 0.717) is 22.3 Å². The Balaban J connectivity index is 1.36. The predicted octanol–water partition coefficient (Wildman–Crippen LogP) is 9.28. The number of hydrogen-bond acceptors (Lipinski definition) is 6. The number of rotatable bonds is 11. The van der Waals surface area contributed by atoms with Crippen LogP contribution in [0.5, 0.6) is 0 Å². The van der Waals surface area contributed by atoms with Gasteiger partial charge in [0.25, 0.3) is 0 Å². The van der Waals surface area contributed by atoms with Gasteiger partial charge in [-0.15, -0.1) is 0 Å². The number of methoxy groups -OCH3 is 1. The lowest BCUT2D eigenvalue weighted by Gasteiger charge is -2.10. The van der Waals surface area contributed by atoms with Crippen molar-refractivity contribution >= 4 is 58.8 Å². The van der Waals surface area contributed by atoms with E-state index >= 15 is 0 Å². The molecule has 240 valence electrons. The number of aromatic nitrogens is 2. The van der Waals surface area contributed by atoms with Gasteiger partial charge in [-0.2, -0.15) is 0 Å². The summed E-state index contributed by atoms with van der Waals surface area (Å²) in [6, 6.07) is 29.0. The maximum absolute atomic E-state index is 12.0. The van der Waals surface area contributed by atoms with Crippen LogP contribution < -0.4 is 10.6 Å². The van der Waals surface area contributed by atoms with Crippen LogP contribution in [0.25, 0.3) is 34.5 Å². The minimum atomic E-state index is -0.484. The number of imidazole rings is 1. The topological polar surface area (TPSA) is 94.5 Å². The molecule has 0 spiro atoms. The van der Waals surface area contributed by atoms with Gasteiger partial charge in [0, 0.05) is 34.7 Å². The maximum atomic E-state index is 12.0. The Morgan fingerprint density at radius 3 is 2.36 bits per heavy atom. The van der Waals surface area contributed by atoms with Crippen molar-refractivity contribution in [2.75, 3.05) is 24.3 Å². The second kappa shape index (κ2) is 15.5. The van der Waals surface area contributed by atoms with Gasteiger partial charge in [-0.1, -0.05) is 77.8 Å². The van der Waals surface area contributed by atoms with Crippen LogP contribution in [0.15, 0.2) is 97.2 Å². The van der Waals surface area contributed by atoms with Crippen molar-refractivity contribution < 1.29 is 19.1 Å². The van der Waals surface area contributed by atoms with Gasteiger partial charge in [0.15, 0.2) is 0 Å². The molecule has 1 amide bonds. The summed E-state index contributed by atoms with van der Waals surface area (Å²) in [5, 5.41) is 6.90. The van der Waals surface area contributed by atoms with Crippen molar-refractivity contribution in [3.8, 4) is 22.4 Å². The molecule has 4 aromatic carbocycles. The normalized spacial score (nSPS) is 11.1. The third-order valence-corrected chi connectivity index (χ3v) is 7.65. The van der Waals surface area contributed by atoms with Crippen molar-refractivity contribution in [2.45, 2.75) is 26.5 Å². The summed E-state index contributed by atoms with van der Waals surface area (Å²) in [6.07, 6.45) is 5.27. The molecule has 0 aliphatic rings. The zero-order valence-electron chi connectivity index (χ0n) is 26.2. The Hall–Kier alpha value is -5.05. The average molecular weight is 670 g/mol. The smallest absolute Gasteiger partial charge is 0.411 e. The fourth-order valence-corrected chi connectivity index (χ4v) is 5.29. The first-order chi connectivity index (χ1) is 22.7. The van der Waals surface area contributed by atoms with Crippen molar-refractivity contribution in [1.82, 2.24) is 9.55 Å². The number of halogens is 2. The van der Waals surface area contributed by atoms with Crippen molar-refractivity contribution in [2.24, 2.45) is 0 Å². The SMILES string of the molecule is COC(=O)CNc1ccc(Cn2cc(-c3ccc(Cl)cc3Cl)nc2C=Cc2ccc(-c3cccc(NC(=O)OC(C)C)c3)cc2)cc1. The van der Waals surface area contributed by atoms with E-state index < -0.39 is 6.09 Å². The van der Waals surface area contributed by atoms with Crippen LogP contribution >= 0.6 is 23.2 Å². The molecule has 0 aliphatic carbocycles. The van der Waals surface area contributed by atoms with Crippen LogP contribution in [0.3, 0.4) is 0 Å². The quantitative estimate of drug-likeness (QED) is 0.136. The molecule has 0 bridgehead atoms. The van der Waals surface area contributed by atoms with E-state index in [1.165, 1.54) is 7.11 Å². The molecule has 0 radical (unpaired) electrons. The monoisotopic (exact) mass is 668 g/mol. The lowest BCUT2D eigenvalue weighted by atomic mass is 10.0. The molecule has 0 fully saturated rings. The number of benzene rings is 4. The minimum absolute atomic E-state index is 0.0942. The Labute approximate surface area is 284 Å². The Morgan fingerprint density at radius 2 is 1.66 bits per heavy atom. The Bertz CT molecular complexity index is 1880. The number of hydrogen-bond donors (Lipinski definition) is 2. The van der Waals surface area contributed by atoms with Crippen molar-refractivity contribution in [3.05, 3.63) is 124 Å². The average Bonchev–Trinajstić information content (AvgIpc) is 3.45. The number of carbonyl (C=O) groups excluding carboxylic acids is 2. The van der Waals surface area contributed by atoms with Gasteiger partial charge in [0.05, 0.1) is 23.9 Å². The van der Waals surface area contributed by atoms with Crippen LogP contribution in [0.4, 0.5) is 16.2 Å². The molecular formula is C37H34Cl2N4O4. The summed E-state index contributed by atoms with van der Waals surface area (Å²) >= 11 is 12.7. The largest absolute Gasteiger partial charge is 0.468 e. The van der Waals surface area contributed by atoms with Gasteiger partial charge in [0.2, 0.25) is 0 Å². The number of esters is 1. The molecule has 10 heteroatoms. The standard InChI is InChI=1S/C37H34Cl2N4O4/c1-24(2)47-37(45)41-31-6-4-5-28(19-31)27-12-7-25(8-13-27)11-18-35-42-34(32-17-14-29(38)20-33(32)39)23-43(35)22-26-9-15-30(16-10-26)40-21-36(44)46-3/h4-20,23-24,40H,21-22H2,1-3H3,(H,41,45). The number of carbonyl (C=O) groups is 2. The lowest BCUT2D eigenvalue weighted by Crippen LogP contribution is -2.17. The molecule has 0 atom stereocenters. The van der Waals surface area contributed by atoms with E-state index in [1.807, 2.05) is 111 Å². The van der Waals surface area contributed by atoms with Crippen LogP contribution in [0.2, 0.25) is 10.0 Å². The van der Waals surface area contributed by atoms with E-state index in [0.717, 1.165) is 45.0 Å². The number of amides is 1. The zero-order chi connectivity index (χ0) is 33.3. The van der Waals surface area contributed by atoms with E-state index in [1.54, 1.807) is 12.1 Å². The molecule has 5 rings (SSSR count). The van der Waals surface area contributed by atoms with E-state index in [2.05, 4.69) is 15.2 Å². The molecule has 2 N–H and O–H groups in total. The van der Waals surface area contributed by atoms with Gasteiger partial charge < -0.3 is 19.4 Å². The predicted molar refractivity (Wildman–Crippen MR) is 190 cm³/mol. The third-order valence-electron chi connectivity index (χ3n) is 7.11. The highest BCUT2D eigenvalue weighted by Gasteiger charge is 2.13. The molecular weight excluding hydrogens is 635 g/mol. The molecule has 1 heterocycles. The van der Waals surface area contributed by atoms with Gasteiger partial charge in [-0.3, -0.25) is 10.1 Å². The van der Waals surface area contributed by atoms with Gasteiger partial charge in [0.1, 0.15) is 12.4 Å². The van der Waals surface area contributed by atoms with Crippen LogP contribution in [0.1, 0.15) is 30.8 Å². The number of nitrogens with zero attached hydrogens (tertiary/aromatic N) is 2. The molecule has 0 aliphatic heterocycles. The van der Waals surface area contributed by atoms with Crippen molar-refractivity contribution in [3.63, 3.8) is 0 Å². The Morgan fingerprint density at radius 1 is 0.894 bits per heavy atom. The van der Waals surface area contributed by atoms with Gasteiger partial charge in [-0.25, -0.2) is 9.78 Å². The second-order valence-corrected chi connectivity index (χ2v) is 11.8. The van der Waals surface area contributed by atoms with Gasteiger partial charge in [-0.05, 0) is 84.6 Å². The summed E-state index contributed by atoms with van der Waals surface area (Å²) in [6.45, 7) is 4.27. The zero-order valence-corrected chi connectivity index (χ0v) is 27.7. The highest BCUT2D eigenvalue weighted by molar-refractivity contribution is 6.36. The molecule has 0 saturated heterocycles. The number of anilines is 2. The fourth-order valence-electron chi connectivity index (χ4n) is 4.78. The van der Waals surface area contributed by atoms with Gasteiger partial charge >= 0.3 is 12.1 Å². The lowest BCUT2D eigenvalue weighted by molar-refractivity contribution is -0.138. The maximum Gasteiger partial charge on any atom is 0.411 e. The summed E-state index contributed by atoms with van der Waals surface area (Å²) in [5.74, 6) is 0.411. The molecule has 8 nitrogen and oxygen atoms in total. The van der Waals surface area contributed by atoms with E-state index in [4.69, 9.17) is 37.7 Å². The third kappa shape index (κ3) is 9.25. The van der Waals surface area contributed by atoms with E-state index in [9.17, 15) is 9.59 Å². The summed E-state index contributed by atoms with van der Waals surface area (Å²) in [7, 11) is 1.36. The van der Waals surface area contributed by atoms with Crippen LogP contribution in [-0.2, 0) is 20.8 Å². The molecule has 0 saturated carbocycles. The highest BCUT2D eigenvalue weighted by atomic mass is 35.5. The van der Waals surface area contributed by atoms with Crippen LogP contribution in [-0.4, -0.2) is 41.4 Å². The Kier molecular flexibility index (Phi) is 11.0. The first-order valence-corrected chi connectivity index (χ1v) is 15.7. The summed E-state index contributed by atoms with van der Waals surface area (Å²) in [4.78, 5) is 28.4. The van der Waals surface area contributed by atoms with Crippen molar-refractivity contribution in [1.29, 1.82) is 0 Å². The second-order valence-electron chi connectivity index (χ2n) is 11.0. The van der Waals surface area contributed by atoms with Crippen LogP contribution in [0, 0.1) is 0 Å². The highest BCUT2D eigenvalue weighted by Crippen LogP contribution is 2.31. The number of nitrogens with one attached hydrogen (secondary N) is 2. The first kappa shape index (κ1) is 33.3. The van der Waals surface area contributed by atoms with E-state index in [-0.39, 0.29) is 18.6 Å². The molecule has 47 heavy (non-hydrogen) atoms. The summed E-state index contributed by atoms with van der Waals surface area (Å²) < 4.78 is 11.9. The molecule has 5 aromatic rings. The molecule has 1 aromatic heterocycles. The fraction of sp³-hybridized carbons (Fsp3) is 0.162. The molecule has 0 unspecified atom stereocenters. The first-order valence-electron chi connectivity index (χ1n) is 15.0. The number of ether oxygens (including phenoxy) is 2.